The number of aromatic nitrogens is 1. The van der Waals surface area contributed by atoms with Crippen molar-refractivity contribution in [2.24, 2.45) is 11.8 Å². The van der Waals surface area contributed by atoms with Gasteiger partial charge in [-0.05, 0) is 51.5 Å². The van der Waals surface area contributed by atoms with Gasteiger partial charge in [-0.15, -0.1) is 0 Å². The number of carbonyl (C=O) groups is 6. The van der Waals surface area contributed by atoms with Gasteiger partial charge >= 0.3 is 5.97 Å². The Kier molecular flexibility index (Phi) is 25.0. The summed E-state index contributed by atoms with van der Waals surface area (Å²) in [6.45, 7) is 18.0. The van der Waals surface area contributed by atoms with Crippen molar-refractivity contribution in [3.8, 4) is 0 Å². The molecule has 5 N–H and O–H groups in total. The van der Waals surface area contributed by atoms with E-state index in [0.717, 1.165) is 5.56 Å². The van der Waals surface area contributed by atoms with Gasteiger partial charge < -0.3 is 35.8 Å². The number of benzene rings is 1. The molecule has 14 heteroatoms. The van der Waals surface area contributed by atoms with E-state index < -0.39 is 29.9 Å². The van der Waals surface area contributed by atoms with Crippen molar-refractivity contribution < 1.29 is 38.0 Å². The summed E-state index contributed by atoms with van der Waals surface area (Å²) in [6, 6.07) is 9.50. The number of esters is 1. The monoisotopic (exact) mass is 728 g/mol. The van der Waals surface area contributed by atoms with Gasteiger partial charge in [0, 0.05) is 36.7 Å². The Morgan fingerprint density at radius 1 is 1.04 bits per heavy atom. The second kappa shape index (κ2) is 27.7. The second-order valence-electron chi connectivity index (χ2n) is 12.5. The van der Waals surface area contributed by atoms with E-state index in [0.29, 0.717) is 43.7 Å². The zero-order chi connectivity index (χ0) is 39.5. The van der Waals surface area contributed by atoms with Crippen LogP contribution in [0.5, 0.6) is 0 Å². The Morgan fingerprint density at radius 3 is 2.21 bits per heavy atom. The van der Waals surface area contributed by atoms with Gasteiger partial charge in [0.2, 0.25) is 24.1 Å². The van der Waals surface area contributed by atoms with E-state index in [-0.39, 0.29) is 42.8 Å². The number of hydrogen-bond acceptors (Lipinski definition) is 9. The number of rotatable bonds is 16. The molecule has 0 saturated carbocycles. The Bertz CT molecular complexity index is 1380. The molecule has 290 valence electrons. The third-order valence-electron chi connectivity index (χ3n) is 6.70. The Hall–Kier alpha value is -5.01. The number of nitrogens with one attached hydrogen (secondary N) is 5. The lowest BCUT2D eigenvalue weighted by Crippen LogP contribution is -2.51. The van der Waals surface area contributed by atoms with Crippen molar-refractivity contribution in [2.75, 3.05) is 13.1 Å². The third-order valence-corrected chi connectivity index (χ3v) is 6.70. The fraction of sp³-hybridized carbons (Fsp3) is 0.553. The molecule has 1 saturated heterocycles. The highest BCUT2D eigenvalue weighted by Gasteiger charge is 2.29. The summed E-state index contributed by atoms with van der Waals surface area (Å²) < 4.78 is 10.0. The molecule has 2 heterocycles. The molecule has 14 nitrogen and oxygen atoms in total. The van der Waals surface area contributed by atoms with E-state index in [1.807, 2.05) is 71.9 Å². The quantitative estimate of drug-likeness (QED) is 0.0958. The summed E-state index contributed by atoms with van der Waals surface area (Å²) in [4.78, 5) is 71.1. The van der Waals surface area contributed by atoms with Gasteiger partial charge in [-0.2, -0.15) is 0 Å². The minimum atomic E-state index is -0.839. The van der Waals surface area contributed by atoms with Crippen LogP contribution >= 0.6 is 0 Å². The van der Waals surface area contributed by atoms with Crippen molar-refractivity contribution >= 4 is 36.0 Å². The highest BCUT2D eigenvalue weighted by molar-refractivity contribution is 5.92. The van der Waals surface area contributed by atoms with Crippen LogP contribution in [0.15, 0.2) is 53.1 Å². The number of hydrogen-bond donors (Lipinski definition) is 5. The first kappa shape index (κ1) is 47.0. The second-order valence-corrected chi connectivity index (χ2v) is 12.5. The molecule has 1 aliphatic heterocycles. The van der Waals surface area contributed by atoms with E-state index in [4.69, 9.17) is 9.26 Å². The summed E-state index contributed by atoms with van der Waals surface area (Å²) in [7, 11) is 0. The molecular weight excluding hydrogens is 668 g/mol. The zero-order valence-electron chi connectivity index (χ0n) is 32.2. The summed E-state index contributed by atoms with van der Waals surface area (Å²) >= 11 is 0. The number of carbonyl (C=O) groups excluding carboxylic acids is 6. The highest BCUT2D eigenvalue weighted by Crippen LogP contribution is 2.17. The molecule has 2 aromatic rings. The van der Waals surface area contributed by atoms with Crippen LogP contribution in [0.4, 0.5) is 0 Å². The van der Waals surface area contributed by atoms with Crippen molar-refractivity contribution in [1.82, 2.24) is 31.7 Å². The summed E-state index contributed by atoms with van der Waals surface area (Å²) in [5.41, 5.74) is 1.18. The van der Waals surface area contributed by atoms with E-state index in [1.165, 1.54) is 18.6 Å². The summed E-state index contributed by atoms with van der Waals surface area (Å²) in [6.07, 6.45) is 5.71. The van der Waals surface area contributed by atoms with Crippen LogP contribution in [-0.2, 0) is 35.3 Å². The number of aryl methyl sites for hydroxylation is 1. The molecule has 0 radical (unpaired) electrons. The predicted octanol–water partition coefficient (Wildman–Crippen LogP) is 4.14. The van der Waals surface area contributed by atoms with Gasteiger partial charge in [0.1, 0.15) is 18.4 Å². The SMILES string of the molecule is CC.CC(C)CC(NC(=O)CNC=O)C(=O)NC(/C=C/C(=O)OCc1ccccc1)CC1CCNC1=O.CCC.Cc1cc(C(=O)NC(C)C)no1. The predicted molar refractivity (Wildman–Crippen MR) is 200 cm³/mol. The lowest BCUT2D eigenvalue weighted by Gasteiger charge is -2.24. The maximum absolute atomic E-state index is 13.0. The minimum absolute atomic E-state index is 0.101. The van der Waals surface area contributed by atoms with Crippen LogP contribution in [0.25, 0.3) is 0 Å². The Labute approximate surface area is 308 Å². The minimum Gasteiger partial charge on any atom is -0.458 e. The van der Waals surface area contributed by atoms with Gasteiger partial charge in [0.25, 0.3) is 5.91 Å². The van der Waals surface area contributed by atoms with E-state index in [2.05, 4.69) is 45.6 Å². The molecule has 1 fully saturated rings. The normalized spacial score (nSPS) is 14.2. The number of ether oxygens (including phenoxy) is 1. The van der Waals surface area contributed by atoms with Crippen molar-refractivity contribution in [3.05, 3.63) is 65.6 Å². The molecule has 1 aliphatic rings. The Balaban J connectivity index is 0.00000126. The molecule has 1 aromatic heterocycles. The third kappa shape index (κ3) is 21.3. The molecule has 3 atom stereocenters. The van der Waals surface area contributed by atoms with Crippen LogP contribution in [0.2, 0.25) is 0 Å². The molecule has 0 aliphatic carbocycles. The van der Waals surface area contributed by atoms with Gasteiger partial charge in [-0.1, -0.05) is 89.5 Å². The molecule has 0 spiro atoms. The maximum atomic E-state index is 13.0. The van der Waals surface area contributed by atoms with Crippen LogP contribution in [0.3, 0.4) is 0 Å². The first-order valence-corrected chi connectivity index (χ1v) is 18.0. The molecular formula is C38H60N6O8. The van der Waals surface area contributed by atoms with E-state index in [1.54, 1.807) is 13.0 Å². The van der Waals surface area contributed by atoms with Gasteiger partial charge in [0.15, 0.2) is 5.69 Å². The molecule has 3 rings (SSSR count). The molecule has 3 unspecified atom stereocenters. The average molecular weight is 729 g/mol. The molecule has 5 amide bonds. The van der Waals surface area contributed by atoms with Gasteiger partial charge in [-0.25, -0.2) is 4.79 Å². The maximum Gasteiger partial charge on any atom is 0.330 e. The van der Waals surface area contributed by atoms with Crippen molar-refractivity contribution in [3.63, 3.8) is 0 Å². The molecule has 1 aromatic carbocycles. The van der Waals surface area contributed by atoms with Gasteiger partial charge in [0.05, 0.1) is 6.54 Å². The summed E-state index contributed by atoms with van der Waals surface area (Å²) in [5.74, 6) is -1.36. The number of nitrogens with zero attached hydrogens (tertiary/aromatic N) is 1. The smallest absolute Gasteiger partial charge is 0.330 e. The fourth-order valence-electron chi connectivity index (χ4n) is 4.51. The number of amides is 5. The summed E-state index contributed by atoms with van der Waals surface area (Å²) in [5, 5.41) is 16.8. The zero-order valence-corrected chi connectivity index (χ0v) is 32.2. The van der Waals surface area contributed by atoms with Crippen LogP contribution in [0.1, 0.15) is 103 Å². The molecule has 52 heavy (non-hydrogen) atoms. The van der Waals surface area contributed by atoms with Crippen LogP contribution in [-0.4, -0.2) is 72.4 Å². The lowest BCUT2D eigenvalue weighted by molar-refractivity contribution is -0.139. The lowest BCUT2D eigenvalue weighted by atomic mass is 9.97. The fourth-order valence-corrected chi connectivity index (χ4v) is 4.51. The topological polar surface area (TPSA) is 198 Å². The first-order valence-electron chi connectivity index (χ1n) is 18.0. The van der Waals surface area contributed by atoms with Crippen molar-refractivity contribution in [1.29, 1.82) is 0 Å². The van der Waals surface area contributed by atoms with Crippen molar-refractivity contribution in [2.45, 2.75) is 113 Å². The standard InChI is InChI=1S/C25H34N4O6.C8H12N2O2.C3H8.C2H6/c1-17(2)12-21(29-22(31)14-26-16-30)25(34)28-20(13-19-10-11-27-24(19)33)8-9-23(32)35-15-18-6-4-3-5-7-18;1-5(2)9-8(11)7-4-6(3)12-10-7;1-3-2;1-2/h3-9,16-17,19-21H,10-15H2,1-2H3,(H,26,30)(H,27,33)(H,28,34)(H,29,31);4-5H,1-3H3,(H,9,11);3H2,1-2H3;1-2H3/b9-8+;;;. The molecule has 0 bridgehead atoms. The van der Waals surface area contributed by atoms with Crippen LogP contribution < -0.4 is 26.6 Å². The average Bonchev–Trinajstić information content (AvgIpc) is 3.73. The Morgan fingerprint density at radius 2 is 1.69 bits per heavy atom. The van der Waals surface area contributed by atoms with Gasteiger partial charge in [-0.3, -0.25) is 24.0 Å². The first-order chi connectivity index (χ1) is 24.8. The van der Waals surface area contributed by atoms with E-state index in [9.17, 15) is 28.8 Å². The highest BCUT2D eigenvalue weighted by atomic mass is 16.5. The largest absolute Gasteiger partial charge is 0.458 e. The van der Waals surface area contributed by atoms with E-state index >= 15 is 0 Å². The van der Waals surface area contributed by atoms with Crippen LogP contribution in [0, 0.1) is 18.8 Å².